The Labute approximate surface area is 260 Å². The molecule has 0 aliphatic carbocycles. The van der Waals surface area contributed by atoms with Crippen molar-refractivity contribution in [1.82, 2.24) is 15.0 Å². The number of hydrogen-bond donors (Lipinski definition) is 1. The number of carbonyl (C=O) groups is 2. The van der Waals surface area contributed by atoms with Crippen LogP contribution in [0, 0.1) is 5.92 Å². The maximum Gasteiger partial charge on any atom is 0.304 e. The lowest BCUT2D eigenvalue weighted by atomic mass is 9.95. The number of aryl methyl sites for hydroxylation is 2. The van der Waals surface area contributed by atoms with E-state index in [1.54, 1.807) is 7.11 Å². The van der Waals surface area contributed by atoms with Gasteiger partial charge in [-0.2, -0.15) is 0 Å². The number of esters is 1. The zero-order valence-electron chi connectivity index (χ0n) is 26.3. The van der Waals surface area contributed by atoms with E-state index in [4.69, 9.17) is 14.2 Å². The van der Waals surface area contributed by atoms with Crippen molar-refractivity contribution in [2.45, 2.75) is 89.6 Å². The van der Waals surface area contributed by atoms with E-state index >= 15 is 0 Å². The van der Waals surface area contributed by atoms with E-state index in [-0.39, 0.29) is 31.1 Å². The topological polar surface area (TPSA) is 116 Å². The average molecular weight is 621 g/mol. The van der Waals surface area contributed by atoms with E-state index in [1.165, 1.54) is 22.6 Å². The molecule has 11 heteroatoms. The summed E-state index contributed by atoms with van der Waals surface area (Å²) in [6.07, 6.45) is 4.89. The van der Waals surface area contributed by atoms with Crippen molar-refractivity contribution < 1.29 is 28.9 Å². The molecule has 236 valence electrons. The minimum absolute atomic E-state index is 0.0478. The molecule has 2 aliphatic heterocycles. The number of hydrogen-bond acceptors (Lipinski definition) is 8. The van der Waals surface area contributed by atoms with Crippen LogP contribution < -0.4 is 14.8 Å². The highest BCUT2D eigenvalue weighted by Gasteiger charge is 2.50. The van der Waals surface area contributed by atoms with Crippen LogP contribution in [0.15, 0.2) is 54.7 Å². The lowest BCUT2D eigenvalue weighted by molar-refractivity contribution is -0.153. The van der Waals surface area contributed by atoms with E-state index in [1.807, 2.05) is 35.1 Å². The molecule has 2 saturated heterocycles. The van der Waals surface area contributed by atoms with Crippen LogP contribution in [0.2, 0.25) is 18.6 Å². The quantitative estimate of drug-likeness (QED) is 0.174. The molecule has 10 nitrogen and oxygen atoms in total. The number of aromatic nitrogens is 3. The molecule has 0 bridgehead atoms. The summed E-state index contributed by atoms with van der Waals surface area (Å²) in [5.74, 6) is 0.790. The lowest BCUT2D eigenvalue weighted by Crippen LogP contribution is -2.54. The lowest BCUT2D eigenvalue weighted by Gasteiger charge is -2.39. The first-order valence-corrected chi connectivity index (χ1v) is 18.6. The fourth-order valence-electron chi connectivity index (χ4n) is 6.97. The number of β-lactam (4-membered cyclic amide) rings is 1. The Balaban J connectivity index is 1.28. The molecule has 5 atom stereocenters. The molecular weight excluding hydrogens is 576 g/mol. The van der Waals surface area contributed by atoms with Crippen molar-refractivity contribution in [1.29, 1.82) is 0 Å². The fraction of sp³-hybridized carbons (Fsp3) is 0.515. The highest BCUT2D eigenvalue weighted by Crippen LogP contribution is 2.46. The van der Waals surface area contributed by atoms with Gasteiger partial charge in [0, 0.05) is 38.4 Å². The molecule has 1 amide bonds. The number of amides is 1. The van der Waals surface area contributed by atoms with Crippen LogP contribution in [0.4, 0.5) is 5.69 Å². The van der Waals surface area contributed by atoms with Crippen molar-refractivity contribution in [3.05, 3.63) is 66.0 Å². The minimum atomic E-state index is -1.98. The Morgan fingerprint density at radius 2 is 1.80 bits per heavy atom. The smallest absolute Gasteiger partial charge is 0.304 e. The largest absolute Gasteiger partial charge is 0.497 e. The maximum absolute atomic E-state index is 12.2. The number of methoxy groups -OCH3 is 1. The minimum Gasteiger partial charge on any atom is -0.497 e. The van der Waals surface area contributed by atoms with E-state index in [9.17, 15) is 14.7 Å². The maximum atomic E-state index is 12.2. The first-order chi connectivity index (χ1) is 21.1. The molecule has 1 N–H and O–H groups in total. The summed E-state index contributed by atoms with van der Waals surface area (Å²) in [6, 6.07) is 16.5. The van der Waals surface area contributed by atoms with Gasteiger partial charge in [0.2, 0.25) is 5.91 Å². The van der Waals surface area contributed by atoms with E-state index in [0.717, 1.165) is 36.4 Å². The Morgan fingerprint density at radius 1 is 1.07 bits per heavy atom. The molecule has 1 unspecified atom stereocenters. The van der Waals surface area contributed by atoms with Crippen LogP contribution >= 0.6 is 0 Å². The van der Waals surface area contributed by atoms with Gasteiger partial charge >= 0.3 is 5.97 Å². The monoisotopic (exact) mass is 620 g/mol. The molecule has 5 rings (SSSR count). The first kappa shape index (κ1) is 31.9. The van der Waals surface area contributed by atoms with Crippen molar-refractivity contribution in [3.63, 3.8) is 0 Å². The summed E-state index contributed by atoms with van der Waals surface area (Å²) in [6.45, 7) is 9.36. The summed E-state index contributed by atoms with van der Waals surface area (Å²) in [4.78, 5) is 25.1. The van der Waals surface area contributed by atoms with Gasteiger partial charge in [0.15, 0.2) is 6.23 Å². The van der Waals surface area contributed by atoms with Crippen LogP contribution in [-0.2, 0) is 38.4 Å². The van der Waals surface area contributed by atoms with Crippen molar-refractivity contribution in [3.8, 4) is 5.75 Å². The van der Waals surface area contributed by atoms with Crippen LogP contribution in [0.25, 0.3) is 0 Å². The van der Waals surface area contributed by atoms with Gasteiger partial charge in [0.05, 0.1) is 39.5 Å². The van der Waals surface area contributed by atoms with Gasteiger partial charge in [-0.1, -0.05) is 54.7 Å². The second-order valence-electron chi connectivity index (χ2n) is 12.5. The van der Waals surface area contributed by atoms with Crippen molar-refractivity contribution >= 4 is 30.8 Å². The number of carbonyl (C=O) groups excluding carboxylic acids is 2. The Morgan fingerprint density at radius 3 is 2.43 bits per heavy atom. The molecule has 2 fully saturated rings. The Bertz CT molecular complexity index is 1430. The Kier molecular flexibility index (Phi) is 9.86. The molecule has 2 aliphatic rings. The molecule has 3 aromatic rings. The third kappa shape index (κ3) is 6.90. The van der Waals surface area contributed by atoms with Gasteiger partial charge in [-0.3, -0.25) is 19.2 Å². The van der Waals surface area contributed by atoms with E-state index < -0.39 is 20.3 Å². The number of aliphatic hydroxyl groups is 1. The van der Waals surface area contributed by atoms with Crippen LogP contribution in [0.5, 0.6) is 5.75 Å². The van der Waals surface area contributed by atoms with Crippen LogP contribution in [0.1, 0.15) is 44.4 Å². The fourth-order valence-corrected chi connectivity index (χ4v) is 11.1. The zero-order valence-corrected chi connectivity index (χ0v) is 27.3. The van der Waals surface area contributed by atoms with E-state index in [0.29, 0.717) is 24.4 Å². The second-order valence-corrected chi connectivity index (χ2v) is 17.2. The molecule has 0 saturated carbocycles. The van der Waals surface area contributed by atoms with Gasteiger partial charge in [0.1, 0.15) is 5.75 Å². The molecule has 3 heterocycles. The molecule has 0 spiro atoms. The number of benzene rings is 2. The third-order valence-electron chi connectivity index (χ3n) is 9.31. The number of rotatable bonds is 13. The third-order valence-corrected chi connectivity index (χ3v) is 13.7. The van der Waals surface area contributed by atoms with Crippen LogP contribution in [-0.4, -0.2) is 72.2 Å². The predicted octanol–water partition coefficient (Wildman–Crippen LogP) is 3.86. The molecular formula is C33H44N4O6Si. The molecule has 44 heavy (non-hydrogen) atoms. The van der Waals surface area contributed by atoms with Gasteiger partial charge in [0.25, 0.3) is 0 Å². The van der Waals surface area contributed by atoms with Crippen molar-refractivity contribution in [2.75, 3.05) is 18.6 Å². The average Bonchev–Trinajstić information content (AvgIpc) is 3.58. The summed E-state index contributed by atoms with van der Waals surface area (Å²) in [7, 11) is -0.286. The second kappa shape index (κ2) is 13.6. The number of ether oxygens (including phenoxy) is 3. The van der Waals surface area contributed by atoms with Gasteiger partial charge in [-0.15, -0.1) is 5.10 Å². The van der Waals surface area contributed by atoms with Crippen LogP contribution in [0.3, 0.4) is 0 Å². The summed E-state index contributed by atoms with van der Waals surface area (Å²) in [5.41, 5.74) is 3.11. The number of anilines is 1. The van der Waals surface area contributed by atoms with Crippen molar-refractivity contribution in [2.24, 2.45) is 5.92 Å². The molecule has 0 radical (unpaired) electrons. The highest BCUT2D eigenvalue weighted by atomic mass is 28.3. The molecule has 2 aromatic carbocycles. The number of nitrogens with zero attached hydrogens (tertiary/aromatic N) is 4. The summed E-state index contributed by atoms with van der Waals surface area (Å²) < 4.78 is 19.4. The standard InChI is InChI=1S/C33H44N4O6Si/c1-22-29(15-8-24-6-9-26(10-7-24)37-31(40)20-32(37)42-23(2)39)43-30(16-18-36-21-25(17-19-38)34-35-36)33(22)44(4,5)28-13-11-27(41-3)12-14-28/h6-7,9-14,21-22,29-30,32-33,38H,8,15-20H2,1-5H3/t22-,29+,30-,32?,33+/m0/s1. The Hall–Kier alpha value is -3.54. The van der Waals surface area contributed by atoms with E-state index in [2.05, 4.69) is 54.6 Å². The normalized spacial score (nSPS) is 23.5. The van der Waals surface area contributed by atoms with Gasteiger partial charge in [-0.25, -0.2) is 0 Å². The van der Waals surface area contributed by atoms with Gasteiger partial charge in [-0.05, 0) is 60.6 Å². The SMILES string of the molecule is COc1ccc([Si](C)(C)[C@@H]2[C@@H](C)[C@@H](CCc3ccc(N4C(=O)CC4OC(C)=O)cc3)O[C@H]2CCn2cc(CCO)nn2)cc1. The zero-order chi connectivity index (χ0) is 31.4. The molecule has 1 aromatic heterocycles. The predicted molar refractivity (Wildman–Crippen MR) is 170 cm³/mol. The number of aliphatic hydroxyl groups excluding tert-OH is 1. The summed E-state index contributed by atoms with van der Waals surface area (Å²) >= 11 is 0. The van der Waals surface area contributed by atoms with Gasteiger partial charge < -0.3 is 19.3 Å². The summed E-state index contributed by atoms with van der Waals surface area (Å²) in [5, 5.41) is 19.1. The highest BCUT2D eigenvalue weighted by molar-refractivity contribution is 6.91. The first-order valence-electron chi connectivity index (χ1n) is 15.5.